The lowest BCUT2D eigenvalue weighted by Gasteiger charge is -2.16. The lowest BCUT2D eigenvalue weighted by molar-refractivity contribution is -0.145. The number of alkyl halides is 3. The molecular weight excluding hydrogens is 531 g/mol. The minimum atomic E-state index is -4.39. The molecule has 0 saturated carbocycles. The van der Waals surface area contributed by atoms with Gasteiger partial charge in [0.2, 0.25) is 0 Å². The number of carbonyl (C=O) groups excluding carboxylic acids is 1. The van der Waals surface area contributed by atoms with Crippen LogP contribution in [-0.4, -0.2) is 31.3 Å². The summed E-state index contributed by atoms with van der Waals surface area (Å²) in [4.78, 5) is 16.3. The summed E-state index contributed by atoms with van der Waals surface area (Å²) in [6, 6.07) is 16.0. The standard InChI is InChI=1S/C29H26F3NO5S/c1-4-36-28(34)16-38-25-14-23(19-7-11-22(35-3)12-8-19)26(13-18(25)2)37-15-27-33-24(17-39-27)20-5-9-21(10-6-20)29(30,31)32/h5-14,17H,4,15-16H2,1-3H3. The van der Waals surface area contributed by atoms with Crippen LogP contribution in [-0.2, 0) is 22.3 Å². The van der Waals surface area contributed by atoms with E-state index in [-0.39, 0.29) is 19.8 Å². The lowest BCUT2D eigenvalue weighted by atomic mass is 10.0. The fourth-order valence-corrected chi connectivity index (χ4v) is 4.47. The van der Waals surface area contributed by atoms with Gasteiger partial charge in [-0.05, 0) is 61.4 Å². The second kappa shape index (κ2) is 12.2. The quantitative estimate of drug-likeness (QED) is 0.190. The van der Waals surface area contributed by atoms with Gasteiger partial charge >= 0.3 is 12.1 Å². The van der Waals surface area contributed by atoms with Gasteiger partial charge in [-0.3, -0.25) is 0 Å². The number of rotatable bonds is 10. The highest BCUT2D eigenvalue weighted by atomic mass is 32.1. The van der Waals surface area contributed by atoms with Gasteiger partial charge in [-0.25, -0.2) is 9.78 Å². The number of esters is 1. The number of hydrogen-bond acceptors (Lipinski definition) is 7. The first-order valence-electron chi connectivity index (χ1n) is 12.0. The zero-order valence-corrected chi connectivity index (χ0v) is 22.3. The molecule has 0 N–H and O–H groups in total. The topological polar surface area (TPSA) is 66.9 Å². The number of aryl methyl sites for hydroxylation is 1. The molecule has 0 saturated heterocycles. The van der Waals surface area contributed by atoms with E-state index in [1.807, 2.05) is 37.3 Å². The van der Waals surface area contributed by atoms with Crippen LogP contribution in [0.3, 0.4) is 0 Å². The van der Waals surface area contributed by atoms with Gasteiger partial charge in [0.15, 0.2) is 6.61 Å². The highest BCUT2D eigenvalue weighted by Gasteiger charge is 2.30. The highest BCUT2D eigenvalue weighted by molar-refractivity contribution is 7.09. The molecule has 0 aliphatic rings. The Morgan fingerprint density at radius 2 is 1.64 bits per heavy atom. The van der Waals surface area contributed by atoms with Gasteiger partial charge in [0.05, 0.1) is 25.0 Å². The van der Waals surface area contributed by atoms with E-state index in [0.717, 1.165) is 28.8 Å². The van der Waals surface area contributed by atoms with Crippen LogP contribution in [0, 0.1) is 6.92 Å². The summed E-state index contributed by atoms with van der Waals surface area (Å²) in [5.74, 6) is 1.33. The van der Waals surface area contributed by atoms with Gasteiger partial charge in [0, 0.05) is 16.5 Å². The smallest absolute Gasteiger partial charge is 0.416 e. The largest absolute Gasteiger partial charge is 0.497 e. The first kappa shape index (κ1) is 28.0. The Bertz CT molecular complexity index is 1420. The Labute approximate surface area is 227 Å². The first-order chi connectivity index (χ1) is 18.7. The van der Waals surface area contributed by atoms with E-state index >= 15 is 0 Å². The summed E-state index contributed by atoms with van der Waals surface area (Å²) in [7, 11) is 1.59. The summed E-state index contributed by atoms with van der Waals surface area (Å²) < 4.78 is 60.7. The predicted octanol–water partition coefficient (Wildman–Crippen LogP) is 7.33. The maximum Gasteiger partial charge on any atom is 0.416 e. The van der Waals surface area contributed by atoms with Crippen LogP contribution in [0.1, 0.15) is 23.1 Å². The fraction of sp³-hybridized carbons (Fsp3) is 0.241. The van der Waals surface area contributed by atoms with Crippen LogP contribution >= 0.6 is 11.3 Å². The molecule has 0 aliphatic carbocycles. The van der Waals surface area contributed by atoms with E-state index in [1.165, 1.54) is 23.5 Å². The minimum absolute atomic E-state index is 0.150. The number of hydrogen-bond donors (Lipinski definition) is 0. The van der Waals surface area contributed by atoms with Crippen LogP contribution in [0.4, 0.5) is 13.2 Å². The summed E-state index contributed by atoms with van der Waals surface area (Å²) in [5.41, 5.74) is 2.79. The molecule has 3 aromatic carbocycles. The number of halogens is 3. The number of carbonyl (C=O) groups is 1. The van der Waals surface area contributed by atoms with Crippen LogP contribution in [0.5, 0.6) is 17.2 Å². The van der Waals surface area contributed by atoms with Gasteiger partial charge in [-0.15, -0.1) is 11.3 Å². The van der Waals surface area contributed by atoms with Crippen molar-refractivity contribution in [3.8, 4) is 39.6 Å². The molecule has 204 valence electrons. The number of aromatic nitrogens is 1. The van der Waals surface area contributed by atoms with E-state index in [2.05, 4.69) is 4.98 Å². The Hall–Kier alpha value is -4.05. The SMILES string of the molecule is CCOC(=O)COc1cc(-c2ccc(OC)cc2)c(OCc2nc(-c3ccc(C(F)(F)F)cc3)cs2)cc1C. The van der Waals surface area contributed by atoms with Crippen molar-refractivity contribution in [2.24, 2.45) is 0 Å². The molecule has 0 atom stereocenters. The lowest BCUT2D eigenvalue weighted by Crippen LogP contribution is -2.15. The van der Waals surface area contributed by atoms with Gasteiger partial charge in [-0.2, -0.15) is 13.2 Å². The van der Waals surface area contributed by atoms with Crippen molar-refractivity contribution < 1.29 is 36.9 Å². The molecule has 1 heterocycles. The second-order valence-electron chi connectivity index (χ2n) is 8.43. The van der Waals surface area contributed by atoms with Gasteiger partial charge in [0.25, 0.3) is 0 Å². The van der Waals surface area contributed by atoms with Gasteiger partial charge in [0.1, 0.15) is 28.9 Å². The Morgan fingerprint density at radius 3 is 2.28 bits per heavy atom. The Balaban J connectivity index is 1.56. The monoisotopic (exact) mass is 557 g/mol. The molecule has 10 heteroatoms. The summed E-state index contributed by atoms with van der Waals surface area (Å²) in [6.45, 7) is 3.77. The van der Waals surface area contributed by atoms with Crippen molar-refractivity contribution in [2.45, 2.75) is 26.6 Å². The zero-order valence-electron chi connectivity index (χ0n) is 21.5. The number of thiazole rings is 1. The molecule has 4 rings (SSSR count). The third kappa shape index (κ3) is 7.08. The molecule has 0 aliphatic heterocycles. The van der Waals surface area contributed by atoms with Crippen molar-refractivity contribution in [1.82, 2.24) is 4.98 Å². The molecule has 0 spiro atoms. The molecular formula is C29H26F3NO5S. The van der Waals surface area contributed by atoms with Crippen molar-refractivity contribution in [2.75, 3.05) is 20.3 Å². The molecule has 0 fully saturated rings. The van der Waals surface area contributed by atoms with Gasteiger partial charge < -0.3 is 18.9 Å². The second-order valence-corrected chi connectivity index (χ2v) is 9.37. The van der Waals surface area contributed by atoms with Crippen molar-refractivity contribution in [3.05, 3.63) is 82.2 Å². The van der Waals surface area contributed by atoms with Crippen molar-refractivity contribution in [1.29, 1.82) is 0 Å². The maximum atomic E-state index is 12.9. The van der Waals surface area contributed by atoms with E-state index in [4.69, 9.17) is 18.9 Å². The number of methoxy groups -OCH3 is 1. The third-order valence-corrected chi connectivity index (χ3v) is 6.56. The average molecular weight is 558 g/mol. The molecule has 0 unspecified atom stereocenters. The van der Waals surface area contributed by atoms with E-state index in [0.29, 0.717) is 33.5 Å². The van der Waals surface area contributed by atoms with E-state index in [1.54, 1.807) is 25.5 Å². The molecule has 0 bridgehead atoms. The third-order valence-electron chi connectivity index (χ3n) is 5.74. The number of benzene rings is 3. The molecule has 4 aromatic rings. The van der Waals surface area contributed by atoms with E-state index in [9.17, 15) is 18.0 Å². The predicted molar refractivity (Wildman–Crippen MR) is 142 cm³/mol. The van der Waals surface area contributed by atoms with Crippen LogP contribution < -0.4 is 14.2 Å². The molecule has 0 amide bonds. The van der Waals surface area contributed by atoms with Crippen LogP contribution in [0.25, 0.3) is 22.4 Å². The van der Waals surface area contributed by atoms with Crippen molar-refractivity contribution >= 4 is 17.3 Å². The normalized spacial score (nSPS) is 11.2. The summed E-state index contributed by atoms with van der Waals surface area (Å²) >= 11 is 1.35. The molecule has 0 radical (unpaired) electrons. The molecule has 39 heavy (non-hydrogen) atoms. The minimum Gasteiger partial charge on any atom is -0.497 e. The van der Waals surface area contributed by atoms with Crippen molar-refractivity contribution in [3.63, 3.8) is 0 Å². The first-order valence-corrected chi connectivity index (χ1v) is 12.9. The Morgan fingerprint density at radius 1 is 0.949 bits per heavy atom. The van der Waals surface area contributed by atoms with Gasteiger partial charge in [-0.1, -0.05) is 24.3 Å². The van der Waals surface area contributed by atoms with E-state index < -0.39 is 17.7 Å². The Kier molecular flexibility index (Phi) is 8.75. The molecule has 6 nitrogen and oxygen atoms in total. The average Bonchev–Trinajstić information content (AvgIpc) is 3.40. The number of ether oxygens (including phenoxy) is 4. The van der Waals surface area contributed by atoms with Crippen LogP contribution in [0.2, 0.25) is 0 Å². The fourth-order valence-electron chi connectivity index (χ4n) is 3.75. The highest BCUT2D eigenvalue weighted by Crippen LogP contribution is 2.38. The summed E-state index contributed by atoms with van der Waals surface area (Å²) in [6.07, 6.45) is -4.39. The number of nitrogens with zero attached hydrogens (tertiary/aromatic N) is 1. The zero-order chi connectivity index (χ0) is 28.0. The maximum absolute atomic E-state index is 12.9. The summed E-state index contributed by atoms with van der Waals surface area (Å²) in [5, 5.41) is 2.44. The van der Waals surface area contributed by atoms with Crippen LogP contribution in [0.15, 0.2) is 66.0 Å². The molecule has 1 aromatic heterocycles.